The van der Waals surface area contributed by atoms with Crippen LogP contribution in [-0.4, -0.2) is 87.3 Å². The smallest absolute Gasteiger partial charge is 0.160 e. The first kappa shape index (κ1) is 17.7. The zero-order chi connectivity index (χ0) is 15.1. The zero-order valence-corrected chi connectivity index (χ0v) is 11.2. The second-order valence-corrected chi connectivity index (χ2v) is 4.98. The molecule has 1 fully saturated rings. The molecule has 0 saturated carbocycles. The molecule has 0 aromatic carbocycles. The Bertz CT molecular complexity index is 264. The van der Waals surface area contributed by atoms with Crippen LogP contribution < -0.4 is 0 Å². The van der Waals surface area contributed by atoms with Crippen molar-refractivity contribution in [1.29, 1.82) is 0 Å². The fourth-order valence-corrected chi connectivity index (χ4v) is 1.95. The minimum Gasteiger partial charge on any atom is -0.394 e. The summed E-state index contributed by atoms with van der Waals surface area (Å²) < 4.78 is 10.5. The van der Waals surface area contributed by atoms with Crippen molar-refractivity contribution in [3.8, 4) is 0 Å². The Morgan fingerprint density at radius 3 is 2.35 bits per heavy atom. The van der Waals surface area contributed by atoms with Crippen LogP contribution in [0.15, 0.2) is 0 Å². The Hall–Kier alpha value is -0.320. The first-order valence-electron chi connectivity index (χ1n) is 6.69. The van der Waals surface area contributed by atoms with Crippen LogP contribution >= 0.6 is 0 Å². The molecule has 6 atom stereocenters. The molecule has 0 amide bonds. The van der Waals surface area contributed by atoms with E-state index in [9.17, 15) is 15.3 Å². The highest BCUT2D eigenvalue weighted by atomic mass is 16.7. The summed E-state index contributed by atoms with van der Waals surface area (Å²) in [6, 6.07) is 0. The number of hydrogen-bond donors (Lipinski definition) is 6. The third-order valence-electron chi connectivity index (χ3n) is 3.23. The Morgan fingerprint density at radius 2 is 1.75 bits per heavy atom. The quantitative estimate of drug-likeness (QED) is 0.285. The topological polar surface area (TPSA) is 140 Å². The Labute approximate surface area is 117 Å². The first-order valence-corrected chi connectivity index (χ1v) is 6.69. The molecule has 0 bridgehead atoms. The first-order chi connectivity index (χ1) is 9.47. The largest absolute Gasteiger partial charge is 0.394 e. The third-order valence-corrected chi connectivity index (χ3v) is 3.23. The molecular weight excluding hydrogens is 272 g/mol. The summed E-state index contributed by atoms with van der Waals surface area (Å²) >= 11 is 0. The van der Waals surface area contributed by atoms with Crippen molar-refractivity contribution in [3.05, 3.63) is 0 Å². The highest BCUT2D eigenvalue weighted by Gasteiger charge is 2.36. The molecule has 8 nitrogen and oxygen atoms in total. The van der Waals surface area contributed by atoms with E-state index in [-0.39, 0.29) is 32.5 Å². The lowest BCUT2D eigenvalue weighted by Crippen LogP contribution is -2.50. The van der Waals surface area contributed by atoms with Gasteiger partial charge in [0.15, 0.2) is 6.29 Å². The van der Waals surface area contributed by atoms with Gasteiger partial charge < -0.3 is 40.1 Å². The van der Waals surface area contributed by atoms with Crippen molar-refractivity contribution < 1.29 is 40.1 Å². The fraction of sp³-hybridized carbons (Fsp3) is 1.00. The van der Waals surface area contributed by atoms with E-state index < -0.39 is 43.4 Å². The average Bonchev–Trinajstić information content (AvgIpc) is 2.45. The molecule has 1 aliphatic rings. The molecule has 1 rings (SSSR count). The molecule has 1 saturated heterocycles. The molecule has 6 N–H and O–H groups in total. The summed E-state index contributed by atoms with van der Waals surface area (Å²) in [5, 5.41) is 55.5. The molecule has 0 unspecified atom stereocenters. The van der Waals surface area contributed by atoms with Crippen molar-refractivity contribution in [2.75, 3.05) is 19.8 Å². The molecule has 0 aliphatic carbocycles. The lowest BCUT2D eigenvalue weighted by Gasteiger charge is -2.36. The summed E-state index contributed by atoms with van der Waals surface area (Å²) in [4.78, 5) is 0. The number of rotatable bonds is 8. The minimum atomic E-state index is -1.16. The van der Waals surface area contributed by atoms with E-state index in [1.807, 2.05) is 0 Å². The third kappa shape index (κ3) is 5.58. The molecule has 0 spiro atoms. The monoisotopic (exact) mass is 296 g/mol. The average molecular weight is 296 g/mol. The highest BCUT2D eigenvalue weighted by Crippen LogP contribution is 2.21. The Morgan fingerprint density at radius 1 is 1.10 bits per heavy atom. The van der Waals surface area contributed by atoms with Crippen molar-refractivity contribution in [3.63, 3.8) is 0 Å². The van der Waals surface area contributed by atoms with Gasteiger partial charge in [-0.05, 0) is 12.8 Å². The standard InChI is InChI=1S/C12H24O8/c13-4-7(15)1-2-8(16)6-19-11-3-9(17)12(18)10(5-14)20-11/h7-18H,1-6H2/t7-,8-,9+,10+,11-,12-/m0/s1. The van der Waals surface area contributed by atoms with E-state index in [2.05, 4.69) is 0 Å². The Kier molecular flexibility index (Phi) is 7.85. The maximum Gasteiger partial charge on any atom is 0.160 e. The summed E-state index contributed by atoms with van der Waals surface area (Å²) in [6.45, 7) is -0.866. The van der Waals surface area contributed by atoms with E-state index in [4.69, 9.17) is 24.8 Å². The molecule has 20 heavy (non-hydrogen) atoms. The van der Waals surface area contributed by atoms with Gasteiger partial charge in [-0.1, -0.05) is 0 Å². The van der Waals surface area contributed by atoms with Gasteiger partial charge in [-0.3, -0.25) is 0 Å². The van der Waals surface area contributed by atoms with Crippen molar-refractivity contribution in [2.45, 2.75) is 56.1 Å². The second-order valence-electron chi connectivity index (χ2n) is 4.98. The zero-order valence-electron chi connectivity index (χ0n) is 11.2. The number of aliphatic hydroxyl groups is 6. The van der Waals surface area contributed by atoms with Crippen molar-refractivity contribution in [2.24, 2.45) is 0 Å². The molecule has 8 heteroatoms. The maximum absolute atomic E-state index is 9.63. The molecule has 0 aromatic heterocycles. The summed E-state index contributed by atoms with van der Waals surface area (Å²) in [5.41, 5.74) is 0. The SMILES string of the molecule is OC[C@@H](O)CC[C@H](O)CO[C@@H]1C[C@@H](O)[C@H](O)[C@@H](CO)O1. The van der Waals surface area contributed by atoms with Gasteiger partial charge in [-0.25, -0.2) is 0 Å². The van der Waals surface area contributed by atoms with Crippen LogP contribution in [-0.2, 0) is 9.47 Å². The van der Waals surface area contributed by atoms with Crippen LogP contribution in [0.4, 0.5) is 0 Å². The van der Waals surface area contributed by atoms with Crippen LogP contribution in [0.1, 0.15) is 19.3 Å². The highest BCUT2D eigenvalue weighted by molar-refractivity contribution is 4.82. The van der Waals surface area contributed by atoms with Crippen LogP contribution in [0.2, 0.25) is 0 Å². The predicted octanol–water partition coefficient (Wildman–Crippen LogP) is -2.67. The van der Waals surface area contributed by atoms with Gasteiger partial charge in [0.2, 0.25) is 0 Å². The van der Waals surface area contributed by atoms with Gasteiger partial charge in [0.05, 0.1) is 38.1 Å². The van der Waals surface area contributed by atoms with Gasteiger partial charge in [0, 0.05) is 6.42 Å². The minimum absolute atomic E-state index is 0.0453. The van der Waals surface area contributed by atoms with E-state index in [1.54, 1.807) is 0 Å². The van der Waals surface area contributed by atoms with E-state index in [1.165, 1.54) is 0 Å². The van der Waals surface area contributed by atoms with Crippen LogP contribution in [0, 0.1) is 0 Å². The number of aliphatic hydroxyl groups excluding tert-OH is 6. The molecule has 0 aromatic rings. The van der Waals surface area contributed by atoms with Crippen molar-refractivity contribution in [1.82, 2.24) is 0 Å². The van der Waals surface area contributed by atoms with Crippen LogP contribution in [0.5, 0.6) is 0 Å². The van der Waals surface area contributed by atoms with E-state index >= 15 is 0 Å². The molecule has 120 valence electrons. The normalized spacial score (nSPS) is 33.9. The maximum atomic E-state index is 9.63. The van der Waals surface area contributed by atoms with Crippen LogP contribution in [0.3, 0.4) is 0 Å². The summed E-state index contributed by atoms with van der Waals surface area (Å²) in [7, 11) is 0. The fourth-order valence-electron chi connectivity index (χ4n) is 1.95. The van der Waals surface area contributed by atoms with Gasteiger partial charge in [-0.15, -0.1) is 0 Å². The van der Waals surface area contributed by atoms with Crippen molar-refractivity contribution >= 4 is 0 Å². The van der Waals surface area contributed by atoms with Gasteiger partial charge in [0.25, 0.3) is 0 Å². The van der Waals surface area contributed by atoms with Gasteiger partial charge >= 0.3 is 0 Å². The lowest BCUT2D eigenvalue weighted by atomic mass is 10.0. The number of hydrogen-bond acceptors (Lipinski definition) is 8. The summed E-state index contributed by atoms with van der Waals surface area (Å²) in [6.07, 6.45) is -5.12. The molecular formula is C12H24O8. The predicted molar refractivity (Wildman–Crippen MR) is 66.7 cm³/mol. The summed E-state index contributed by atoms with van der Waals surface area (Å²) in [5.74, 6) is 0. The lowest BCUT2D eigenvalue weighted by molar-refractivity contribution is -0.261. The van der Waals surface area contributed by atoms with E-state index in [0.717, 1.165) is 0 Å². The molecule has 1 heterocycles. The number of ether oxygens (including phenoxy) is 2. The van der Waals surface area contributed by atoms with Gasteiger partial charge in [0.1, 0.15) is 12.2 Å². The second kappa shape index (κ2) is 8.85. The molecule has 0 radical (unpaired) electrons. The van der Waals surface area contributed by atoms with Crippen LogP contribution in [0.25, 0.3) is 0 Å². The van der Waals surface area contributed by atoms with Gasteiger partial charge in [-0.2, -0.15) is 0 Å². The van der Waals surface area contributed by atoms with E-state index in [0.29, 0.717) is 0 Å². The Balaban J connectivity index is 2.27. The molecule has 1 aliphatic heterocycles.